The minimum Gasteiger partial charge on any atom is -0.494 e. The zero-order valence-corrected chi connectivity index (χ0v) is 16.7. The van der Waals surface area contributed by atoms with Crippen LogP contribution in [0.1, 0.15) is 31.2 Å². The molecule has 0 amide bonds. The van der Waals surface area contributed by atoms with Crippen molar-refractivity contribution in [1.82, 2.24) is 9.47 Å². The first-order valence-corrected chi connectivity index (χ1v) is 10.6. The maximum Gasteiger partial charge on any atom is 0.201 e. The predicted molar refractivity (Wildman–Crippen MR) is 113 cm³/mol. The van der Waals surface area contributed by atoms with Gasteiger partial charge in [-0.05, 0) is 37.5 Å². The highest BCUT2D eigenvalue weighted by atomic mass is 16.5. The lowest BCUT2D eigenvalue weighted by Crippen LogP contribution is -2.37. The molecule has 0 aliphatic carbocycles. The summed E-state index contributed by atoms with van der Waals surface area (Å²) in [5, 5.41) is 12.1. The molecule has 5 rings (SSSR count). The minimum absolute atomic E-state index is 0.338. The van der Waals surface area contributed by atoms with E-state index in [0.717, 1.165) is 81.0 Å². The van der Waals surface area contributed by atoms with E-state index in [2.05, 4.69) is 28.0 Å². The van der Waals surface area contributed by atoms with Crippen LogP contribution in [0.3, 0.4) is 0 Å². The molecule has 1 aromatic heterocycles. The first-order chi connectivity index (χ1) is 13.7. The lowest BCUT2D eigenvalue weighted by Gasteiger charge is -2.25. The highest BCUT2D eigenvalue weighted by molar-refractivity contribution is 6.14. The van der Waals surface area contributed by atoms with Gasteiger partial charge in [-0.3, -0.25) is 9.89 Å². The number of aliphatic imine (C=N–C) groups is 1. The van der Waals surface area contributed by atoms with Crippen LogP contribution in [0.5, 0.6) is 5.88 Å². The van der Waals surface area contributed by atoms with Crippen molar-refractivity contribution in [2.24, 2.45) is 12.0 Å². The molecule has 0 radical (unpaired) electrons. The second kappa shape index (κ2) is 7.41. The average molecular weight is 383 g/mol. The fourth-order valence-corrected chi connectivity index (χ4v) is 5.01. The van der Waals surface area contributed by atoms with Crippen LogP contribution in [0.15, 0.2) is 23.2 Å². The molecular formula is C22H30N4O2. The maximum absolute atomic E-state index is 10.9. The van der Waals surface area contributed by atoms with Gasteiger partial charge in [0.2, 0.25) is 5.88 Å². The summed E-state index contributed by atoms with van der Waals surface area (Å²) >= 11 is 0. The molecule has 0 saturated carbocycles. The Kier molecular flexibility index (Phi) is 4.77. The van der Waals surface area contributed by atoms with Crippen LogP contribution in [-0.2, 0) is 11.8 Å². The fourth-order valence-electron chi connectivity index (χ4n) is 5.01. The van der Waals surface area contributed by atoms with Crippen molar-refractivity contribution in [1.29, 1.82) is 0 Å². The van der Waals surface area contributed by atoms with Gasteiger partial charge in [0.1, 0.15) is 0 Å². The molecule has 2 fully saturated rings. The van der Waals surface area contributed by atoms with Crippen LogP contribution in [0.25, 0.3) is 10.9 Å². The normalized spacial score (nSPS) is 24.1. The summed E-state index contributed by atoms with van der Waals surface area (Å²) in [6, 6.07) is 7.11. The molecule has 6 nitrogen and oxygen atoms in total. The highest BCUT2D eigenvalue weighted by Crippen LogP contribution is 2.35. The zero-order valence-electron chi connectivity index (χ0n) is 16.7. The second-order valence-corrected chi connectivity index (χ2v) is 8.29. The molecule has 1 atom stereocenters. The van der Waals surface area contributed by atoms with Crippen LogP contribution in [-0.4, -0.2) is 72.3 Å². The number of benzene rings is 1. The van der Waals surface area contributed by atoms with Gasteiger partial charge in [-0.2, -0.15) is 0 Å². The van der Waals surface area contributed by atoms with Gasteiger partial charge in [-0.15, -0.1) is 0 Å². The Morgan fingerprint density at radius 1 is 1.14 bits per heavy atom. The summed E-state index contributed by atoms with van der Waals surface area (Å²) < 4.78 is 7.47. The summed E-state index contributed by atoms with van der Waals surface area (Å²) in [6.45, 7) is 6.70. The molecule has 0 bridgehead atoms. The van der Waals surface area contributed by atoms with Crippen molar-refractivity contribution in [2.45, 2.75) is 31.7 Å². The number of hydrogen-bond acceptors (Lipinski definition) is 5. The highest BCUT2D eigenvalue weighted by Gasteiger charge is 2.27. The molecule has 4 heterocycles. The van der Waals surface area contributed by atoms with E-state index in [1.165, 1.54) is 18.5 Å². The van der Waals surface area contributed by atoms with Crippen LogP contribution in [0.4, 0.5) is 5.69 Å². The Bertz CT molecular complexity index is 892. The van der Waals surface area contributed by atoms with E-state index in [1.54, 1.807) is 0 Å². The first-order valence-electron chi connectivity index (χ1n) is 10.6. The van der Waals surface area contributed by atoms with Crippen LogP contribution >= 0.6 is 0 Å². The average Bonchev–Trinajstić information content (AvgIpc) is 3.44. The molecule has 3 aliphatic heterocycles. The number of aromatic nitrogens is 1. The number of aryl methyl sites for hydroxylation is 1. The number of hydrogen-bond donors (Lipinski definition) is 1. The van der Waals surface area contributed by atoms with E-state index in [1.807, 2.05) is 11.6 Å². The van der Waals surface area contributed by atoms with Crippen molar-refractivity contribution in [3.8, 4) is 5.88 Å². The van der Waals surface area contributed by atoms with Gasteiger partial charge in [0.05, 0.1) is 24.2 Å². The van der Waals surface area contributed by atoms with E-state index in [9.17, 15) is 5.11 Å². The largest absolute Gasteiger partial charge is 0.494 e. The van der Waals surface area contributed by atoms with Crippen molar-refractivity contribution in [2.75, 3.05) is 50.8 Å². The lowest BCUT2D eigenvalue weighted by molar-refractivity contribution is 0.149. The minimum atomic E-state index is 0.338. The van der Waals surface area contributed by atoms with Gasteiger partial charge in [-0.25, -0.2) is 0 Å². The molecule has 1 aromatic carbocycles. The summed E-state index contributed by atoms with van der Waals surface area (Å²) in [5.41, 5.74) is 4.31. The van der Waals surface area contributed by atoms with Crippen LogP contribution in [0.2, 0.25) is 0 Å². The standard InChI is InChI=1S/C22H30N4O2/c1-24-20-5-4-16(25-9-2-3-10-25)14-18(20)21(22(24)27)19-6-11-26(12-8-23-19)17-7-13-28-15-17/h4-5,14,17,27H,2-3,6-13,15H2,1H3. The van der Waals surface area contributed by atoms with E-state index >= 15 is 0 Å². The molecule has 2 saturated heterocycles. The SMILES string of the molecule is Cn1c(O)c(C2=NCCN(C3CCOC3)CC2)c2cc(N3CCCC3)ccc21. The summed E-state index contributed by atoms with van der Waals surface area (Å²) in [5.74, 6) is 0.338. The Balaban J connectivity index is 1.48. The van der Waals surface area contributed by atoms with E-state index in [4.69, 9.17) is 9.73 Å². The van der Waals surface area contributed by atoms with Gasteiger partial charge >= 0.3 is 0 Å². The second-order valence-electron chi connectivity index (χ2n) is 8.29. The lowest BCUT2D eigenvalue weighted by atomic mass is 10.0. The summed E-state index contributed by atoms with van der Waals surface area (Å²) in [6.07, 6.45) is 4.52. The molecule has 0 spiro atoms. The van der Waals surface area contributed by atoms with E-state index in [-0.39, 0.29) is 0 Å². The number of ether oxygens (including phenoxy) is 1. The Morgan fingerprint density at radius 2 is 2.00 bits per heavy atom. The van der Waals surface area contributed by atoms with Gasteiger partial charge < -0.3 is 19.3 Å². The third kappa shape index (κ3) is 3.08. The Morgan fingerprint density at radius 3 is 2.79 bits per heavy atom. The molecule has 6 heteroatoms. The molecule has 2 aromatic rings. The van der Waals surface area contributed by atoms with Gasteiger partial charge in [0.15, 0.2) is 0 Å². The third-order valence-corrected chi connectivity index (χ3v) is 6.66. The van der Waals surface area contributed by atoms with Crippen molar-refractivity contribution in [3.63, 3.8) is 0 Å². The topological polar surface area (TPSA) is 53.2 Å². The van der Waals surface area contributed by atoms with Gasteiger partial charge in [-0.1, -0.05) is 0 Å². The molecule has 1 N–H and O–H groups in total. The number of nitrogens with zero attached hydrogens (tertiary/aromatic N) is 4. The summed E-state index contributed by atoms with van der Waals surface area (Å²) in [4.78, 5) is 9.88. The smallest absolute Gasteiger partial charge is 0.201 e. The first kappa shape index (κ1) is 18.0. The summed E-state index contributed by atoms with van der Waals surface area (Å²) in [7, 11) is 1.94. The monoisotopic (exact) mass is 382 g/mol. The zero-order chi connectivity index (χ0) is 19.1. The third-order valence-electron chi connectivity index (χ3n) is 6.66. The molecule has 28 heavy (non-hydrogen) atoms. The van der Waals surface area contributed by atoms with Gasteiger partial charge in [0.25, 0.3) is 0 Å². The number of fused-ring (bicyclic) bond motifs is 1. The number of rotatable bonds is 3. The van der Waals surface area contributed by atoms with Crippen molar-refractivity contribution >= 4 is 22.3 Å². The predicted octanol–water partition coefficient (Wildman–Crippen LogP) is 2.77. The van der Waals surface area contributed by atoms with Crippen molar-refractivity contribution in [3.05, 3.63) is 23.8 Å². The van der Waals surface area contributed by atoms with Crippen LogP contribution in [0, 0.1) is 0 Å². The fraction of sp³-hybridized carbons (Fsp3) is 0.591. The van der Waals surface area contributed by atoms with E-state index < -0.39 is 0 Å². The number of aromatic hydroxyl groups is 1. The quantitative estimate of drug-likeness (QED) is 0.887. The Hall–Kier alpha value is -2.05. The van der Waals surface area contributed by atoms with E-state index in [0.29, 0.717) is 11.9 Å². The number of anilines is 1. The van der Waals surface area contributed by atoms with Crippen LogP contribution < -0.4 is 4.90 Å². The molecule has 3 aliphatic rings. The Labute approximate surface area is 166 Å². The molecule has 150 valence electrons. The van der Waals surface area contributed by atoms with Crippen molar-refractivity contribution < 1.29 is 9.84 Å². The van der Waals surface area contributed by atoms with Gasteiger partial charge in [0, 0.05) is 69.1 Å². The maximum atomic E-state index is 10.9. The molecular weight excluding hydrogens is 352 g/mol. The molecule has 1 unspecified atom stereocenters.